The Morgan fingerprint density at radius 1 is 1.10 bits per heavy atom. The van der Waals surface area contributed by atoms with Crippen LogP contribution in [0.25, 0.3) is 16.6 Å². The molecule has 0 spiro atoms. The van der Waals surface area contributed by atoms with Gasteiger partial charge in [0.15, 0.2) is 4.77 Å². The van der Waals surface area contributed by atoms with Gasteiger partial charge in [-0.15, -0.1) is 0 Å². The van der Waals surface area contributed by atoms with Crippen LogP contribution in [-0.4, -0.2) is 9.55 Å². The predicted molar refractivity (Wildman–Crippen MR) is 92.4 cm³/mol. The molecule has 0 saturated heterocycles. The quantitative estimate of drug-likeness (QED) is 0.454. The van der Waals surface area contributed by atoms with Gasteiger partial charge < -0.3 is 4.98 Å². The smallest absolute Gasteiger partial charge is 0.266 e. The van der Waals surface area contributed by atoms with E-state index in [0.717, 1.165) is 0 Å². The molecule has 0 unspecified atom stereocenters. The lowest BCUT2D eigenvalue weighted by molar-refractivity contribution is 0.940. The van der Waals surface area contributed by atoms with Crippen molar-refractivity contribution in [3.63, 3.8) is 0 Å². The first-order chi connectivity index (χ1) is 10.0. The van der Waals surface area contributed by atoms with Crippen LogP contribution in [0.2, 0.25) is 10.0 Å². The van der Waals surface area contributed by atoms with Gasteiger partial charge in [-0.05, 0) is 52.4 Å². The van der Waals surface area contributed by atoms with Gasteiger partial charge in [0.2, 0.25) is 0 Å². The first-order valence-corrected chi connectivity index (χ1v) is 7.84. The molecule has 1 aromatic heterocycles. The summed E-state index contributed by atoms with van der Waals surface area (Å²) in [5, 5.41) is 1.13. The van der Waals surface area contributed by atoms with E-state index in [1.807, 2.05) is 6.07 Å². The standard InChI is InChI=1S/C14H7BrCl2N2OS/c15-8-5-6-10(12(17)11(8)16)19-13(20)7-3-1-2-4-9(7)18-14(19)21/h1-6H,(H,18,21). The van der Waals surface area contributed by atoms with Gasteiger partial charge >= 0.3 is 0 Å². The number of nitrogens with one attached hydrogen (secondary N) is 1. The van der Waals surface area contributed by atoms with Crippen LogP contribution in [0.1, 0.15) is 0 Å². The van der Waals surface area contributed by atoms with Gasteiger partial charge in [0.05, 0.1) is 26.6 Å². The molecule has 0 aliphatic carbocycles. The number of fused-ring (bicyclic) bond motifs is 1. The third-order valence-electron chi connectivity index (χ3n) is 3.06. The summed E-state index contributed by atoms with van der Waals surface area (Å²) >= 11 is 20.9. The summed E-state index contributed by atoms with van der Waals surface area (Å²) in [4.78, 5) is 15.7. The minimum atomic E-state index is -0.241. The van der Waals surface area contributed by atoms with E-state index in [-0.39, 0.29) is 15.4 Å². The normalized spacial score (nSPS) is 11.0. The molecule has 0 aliphatic rings. The Morgan fingerprint density at radius 3 is 2.57 bits per heavy atom. The summed E-state index contributed by atoms with van der Waals surface area (Å²) < 4.78 is 2.26. The zero-order valence-electron chi connectivity index (χ0n) is 10.4. The summed E-state index contributed by atoms with van der Waals surface area (Å²) in [6.45, 7) is 0. The van der Waals surface area contributed by atoms with Crippen LogP contribution in [0.15, 0.2) is 45.7 Å². The molecule has 7 heteroatoms. The van der Waals surface area contributed by atoms with E-state index in [1.54, 1.807) is 30.3 Å². The van der Waals surface area contributed by atoms with Gasteiger partial charge in [-0.1, -0.05) is 35.3 Å². The van der Waals surface area contributed by atoms with Crippen LogP contribution in [0.3, 0.4) is 0 Å². The van der Waals surface area contributed by atoms with Crippen LogP contribution in [0, 0.1) is 4.77 Å². The predicted octanol–water partition coefficient (Wildman–Crippen LogP) is 5.12. The SMILES string of the molecule is O=c1c2ccccc2[nH]c(=S)n1-c1ccc(Br)c(Cl)c1Cl. The highest BCUT2D eigenvalue weighted by Crippen LogP contribution is 2.34. The molecular formula is C14H7BrCl2N2OS. The molecule has 1 heterocycles. The maximum atomic E-state index is 12.7. The lowest BCUT2D eigenvalue weighted by Gasteiger charge is -2.11. The third kappa shape index (κ3) is 2.44. The highest BCUT2D eigenvalue weighted by molar-refractivity contribution is 9.10. The molecule has 21 heavy (non-hydrogen) atoms. The number of rotatable bonds is 1. The molecule has 0 amide bonds. The van der Waals surface area contributed by atoms with Gasteiger partial charge in [0.1, 0.15) is 0 Å². The number of H-pyrrole nitrogens is 1. The fourth-order valence-corrected chi connectivity index (χ4v) is 3.21. The number of nitrogens with zero attached hydrogens (tertiary/aromatic N) is 1. The summed E-state index contributed by atoms with van der Waals surface area (Å²) in [5.41, 5.74) is 0.889. The maximum Gasteiger partial charge on any atom is 0.266 e. The second kappa shape index (κ2) is 5.57. The van der Waals surface area contributed by atoms with Gasteiger partial charge in [-0.25, -0.2) is 0 Å². The van der Waals surface area contributed by atoms with Crippen LogP contribution in [0.4, 0.5) is 0 Å². The monoisotopic (exact) mass is 400 g/mol. The second-order valence-electron chi connectivity index (χ2n) is 4.31. The lowest BCUT2D eigenvalue weighted by Crippen LogP contribution is -2.20. The molecule has 0 radical (unpaired) electrons. The Kier molecular flexibility index (Phi) is 3.92. The third-order valence-corrected chi connectivity index (χ3v) is 5.11. The van der Waals surface area contributed by atoms with Crippen molar-refractivity contribution in [3.05, 3.63) is 66.0 Å². The summed E-state index contributed by atoms with van der Waals surface area (Å²) in [5.74, 6) is 0. The molecule has 3 aromatic rings. The van der Waals surface area contributed by atoms with E-state index in [4.69, 9.17) is 35.4 Å². The van der Waals surface area contributed by atoms with E-state index in [0.29, 0.717) is 26.1 Å². The summed E-state index contributed by atoms with van der Waals surface area (Å²) in [6.07, 6.45) is 0. The number of aromatic amines is 1. The first kappa shape index (κ1) is 14.8. The van der Waals surface area contributed by atoms with Crippen molar-refractivity contribution in [2.24, 2.45) is 0 Å². The van der Waals surface area contributed by atoms with E-state index in [2.05, 4.69) is 20.9 Å². The van der Waals surface area contributed by atoms with Crippen molar-refractivity contribution in [2.75, 3.05) is 0 Å². The largest absolute Gasteiger partial charge is 0.331 e. The lowest BCUT2D eigenvalue weighted by atomic mass is 10.2. The summed E-state index contributed by atoms with van der Waals surface area (Å²) in [6, 6.07) is 10.6. The van der Waals surface area contributed by atoms with Gasteiger partial charge in [-0.2, -0.15) is 0 Å². The van der Waals surface area contributed by atoms with Crippen molar-refractivity contribution in [3.8, 4) is 5.69 Å². The van der Waals surface area contributed by atoms with E-state index < -0.39 is 0 Å². The Morgan fingerprint density at radius 2 is 1.81 bits per heavy atom. The second-order valence-corrected chi connectivity index (χ2v) is 6.31. The number of para-hydroxylation sites is 1. The van der Waals surface area contributed by atoms with Crippen LogP contribution in [-0.2, 0) is 0 Å². The fraction of sp³-hybridized carbons (Fsp3) is 0. The average Bonchev–Trinajstić information content (AvgIpc) is 2.47. The van der Waals surface area contributed by atoms with E-state index in [9.17, 15) is 4.79 Å². The maximum absolute atomic E-state index is 12.7. The Labute approximate surface area is 143 Å². The minimum Gasteiger partial charge on any atom is -0.331 e. The van der Waals surface area contributed by atoms with Gasteiger partial charge in [-0.3, -0.25) is 9.36 Å². The molecule has 3 nitrogen and oxygen atoms in total. The zero-order chi connectivity index (χ0) is 15.1. The number of hydrogen-bond acceptors (Lipinski definition) is 2. The van der Waals surface area contributed by atoms with Crippen LogP contribution >= 0.6 is 51.3 Å². The molecule has 1 N–H and O–H groups in total. The molecule has 3 rings (SSSR count). The number of benzene rings is 2. The Bertz CT molecular complexity index is 981. The van der Waals surface area contributed by atoms with Crippen molar-refractivity contribution in [1.29, 1.82) is 0 Å². The number of aromatic nitrogens is 2. The van der Waals surface area contributed by atoms with Gasteiger partial charge in [0, 0.05) is 4.47 Å². The summed E-state index contributed by atoms with van der Waals surface area (Å²) in [7, 11) is 0. The first-order valence-electron chi connectivity index (χ1n) is 5.88. The van der Waals surface area contributed by atoms with Crippen molar-refractivity contribution < 1.29 is 0 Å². The highest BCUT2D eigenvalue weighted by Gasteiger charge is 2.14. The van der Waals surface area contributed by atoms with Crippen molar-refractivity contribution in [1.82, 2.24) is 9.55 Å². The molecule has 0 bridgehead atoms. The van der Waals surface area contributed by atoms with Crippen LogP contribution < -0.4 is 5.56 Å². The van der Waals surface area contributed by atoms with Gasteiger partial charge in [0.25, 0.3) is 5.56 Å². The molecular weight excluding hydrogens is 395 g/mol. The topological polar surface area (TPSA) is 37.8 Å². The van der Waals surface area contributed by atoms with E-state index >= 15 is 0 Å². The Balaban J connectivity index is 2.44. The average molecular weight is 402 g/mol. The number of hydrogen-bond donors (Lipinski definition) is 1. The molecule has 0 fully saturated rings. The molecule has 106 valence electrons. The van der Waals surface area contributed by atoms with E-state index in [1.165, 1.54) is 4.57 Å². The van der Waals surface area contributed by atoms with Crippen LogP contribution in [0.5, 0.6) is 0 Å². The fourth-order valence-electron chi connectivity index (χ4n) is 2.07. The van der Waals surface area contributed by atoms with Crippen molar-refractivity contribution in [2.45, 2.75) is 0 Å². The zero-order valence-corrected chi connectivity index (χ0v) is 14.3. The molecule has 0 aliphatic heterocycles. The highest BCUT2D eigenvalue weighted by atomic mass is 79.9. The molecule has 2 aromatic carbocycles. The number of halogens is 3. The molecule has 0 saturated carbocycles. The molecule has 0 atom stereocenters. The Hall–Kier alpha value is -1.14. The van der Waals surface area contributed by atoms with Crippen molar-refractivity contribution >= 4 is 62.3 Å². The minimum absolute atomic E-state index is 0.241.